The molecule has 8 nitrogen and oxygen atoms in total. The first kappa shape index (κ1) is 17.7. The van der Waals surface area contributed by atoms with Crippen molar-refractivity contribution in [3.63, 3.8) is 0 Å². The lowest BCUT2D eigenvalue weighted by molar-refractivity contribution is -0.150. The Hall–Kier alpha value is -1.70. The third kappa shape index (κ3) is 3.63. The van der Waals surface area contributed by atoms with Gasteiger partial charge < -0.3 is 15.2 Å². The predicted octanol–water partition coefficient (Wildman–Crippen LogP) is -0.372. The van der Waals surface area contributed by atoms with Crippen LogP contribution in [-0.2, 0) is 19.1 Å². The van der Waals surface area contributed by atoms with Gasteiger partial charge in [-0.15, -0.1) is 23.5 Å². The molecule has 0 radical (unpaired) electrons. The number of aliphatic carboxylic acids is 1. The first-order valence-corrected chi connectivity index (χ1v) is 8.84. The monoisotopic (exact) mass is 357 g/mol. The van der Waals surface area contributed by atoms with Crippen LogP contribution in [-0.4, -0.2) is 70.2 Å². The van der Waals surface area contributed by atoms with Crippen molar-refractivity contribution in [1.29, 1.82) is 5.26 Å². The van der Waals surface area contributed by atoms with E-state index in [9.17, 15) is 19.5 Å². The molecule has 0 aromatic carbocycles. The summed E-state index contributed by atoms with van der Waals surface area (Å²) in [5, 5.41) is 20.0. The number of carboxylic acids is 1. The fraction of sp³-hybridized carbons (Fsp3) is 0.538. The van der Waals surface area contributed by atoms with E-state index in [2.05, 4.69) is 5.32 Å². The maximum absolute atomic E-state index is 12.2. The molecule has 0 saturated carbocycles. The van der Waals surface area contributed by atoms with Gasteiger partial charge in [0.15, 0.2) is 0 Å². The molecule has 1 unspecified atom stereocenters. The van der Waals surface area contributed by atoms with Gasteiger partial charge in [0.1, 0.15) is 17.1 Å². The van der Waals surface area contributed by atoms with Gasteiger partial charge in [0.05, 0.1) is 24.2 Å². The van der Waals surface area contributed by atoms with Crippen LogP contribution in [0.2, 0.25) is 0 Å². The number of carboxylic acid groups (broad SMARTS) is 1. The van der Waals surface area contributed by atoms with Gasteiger partial charge in [0, 0.05) is 12.9 Å². The molecule has 0 aliphatic carbocycles. The molecule has 2 atom stereocenters. The van der Waals surface area contributed by atoms with Crippen LogP contribution in [0.4, 0.5) is 0 Å². The van der Waals surface area contributed by atoms with Crippen LogP contribution < -0.4 is 5.32 Å². The lowest BCUT2D eigenvalue weighted by atomic mass is 10.0. The lowest BCUT2D eigenvalue weighted by Crippen LogP contribution is -2.70. The van der Waals surface area contributed by atoms with E-state index in [1.165, 1.54) is 23.8 Å². The van der Waals surface area contributed by atoms with E-state index in [0.717, 1.165) is 11.8 Å². The summed E-state index contributed by atoms with van der Waals surface area (Å²) in [6.45, 7) is 0.146. The normalized spacial score (nSPS) is 23.0. The van der Waals surface area contributed by atoms with Crippen molar-refractivity contribution < 1.29 is 24.2 Å². The Bertz CT molecular complexity index is 601. The van der Waals surface area contributed by atoms with Gasteiger partial charge in [-0.1, -0.05) is 0 Å². The van der Waals surface area contributed by atoms with Crippen molar-refractivity contribution in [1.82, 2.24) is 10.2 Å². The van der Waals surface area contributed by atoms with Crippen LogP contribution >= 0.6 is 23.5 Å². The Morgan fingerprint density at radius 2 is 2.35 bits per heavy atom. The second kappa shape index (κ2) is 7.72. The number of carbonyl (C=O) groups excluding carboxylic acids is 2. The Morgan fingerprint density at radius 1 is 1.61 bits per heavy atom. The van der Waals surface area contributed by atoms with Crippen LogP contribution in [0.15, 0.2) is 11.3 Å². The van der Waals surface area contributed by atoms with E-state index in [0.29, 0.717) is 11.3 Å². The van der Waals surface area contributed by atoms with Gasteiger partial charge in [0.25, 0.3) is 5.91 Å². The van der Waals surface area contributed by atoms with Crippen molar-refractivity contribution in [2.75, 3.05) is 31.0 Å². The SMILES string of the molecule is COCC1=C(C(=O)O)N2C(=O)C(NC(=O)CSCC#N)[C@H]2SC1. The standard InChI is InChI=1S/C13H15N3O5S2/c1-21-4-7-5-23-12-9(15-8(17)6-22-3-2-14)11(18)16(12)10(7)13(19)20/h9,12H,3-6H2,1H3,(H,15,17)(H,19,20)/t9?,12-/m1/s1. The number of hydrogen-bond donors (Lipinski definition) is 2. The summed E-state index contributed by atoms with van der Waals surface area (Å²) in [5.41, 5.74) is 0.494. The summed E-state index contributed by atoms with van der Waals surface area (Å²) in [6.07, 6.45) is 0. The van der Waals surface area contributed by atoms with Crippen LogP contribution in [0, 0.1) is 11.3 Å². The summed E-state index contributed by atoms with van der Waals surface area (Å²) in [6, 6.07) is 1.19. The fourth-order valence-corrected chi connectivity index (χ4v) is 4.16. The highest BCUT2D eigenvalue weighted by Crippen LogP contribution is 2.40. The molecule has 0 aromatic heterocycles. The zero-order chi connectivity index (χ0) is 17.0. The Balaban J connectivity index is 2.04. The molecule has 23 heavy (non-hydrogen) atoms. The maximum atomic E-state index is 12.2. The topological polar surface area (TPSA) is 120 Å². The third-order valence-electron chi connectivity index (χ3n) is 3.28. The van der Waals surface area contributed by atoms with Crippen LogP contribution in [0.3, 0.4) is 0 Å². The number of nitriles is 1. The first-order chi connectivity index (χ1) is 11.0. The highest BCUT2D eigenvalue weighted by Gasteiger charge is 2.54. The first-order valence-electron chi connectivity index (χ1n) is 6.64. The van der Waals surface area contributed by atoms with Gasteiger partial charge in [-0.2, -0.15) is 5.26 Å². The Labute approximate surface area is 141 Å². The number of nitrogens with one attached hydrogen (secondary N) is 1. The largest absolute Gasteiger partial charge is 0.477 e. The number of rotatable bonds is 7. The molecule has 2 aliphatic rings. The van der Waals surface area contributed by atoms with E-state index in [4.69, 9.17) is 10.00 Å². The molecule has 0 spiro atoms. The molecule has 1 saturated heterocycles. The number of hydrogen-bond acceptors (Lipinski definition) is 7. The van der Waals surface area contributed by atoms with Gasteiger partial charge >= 0.3 is 5.97 Å². The summed E-state index contributed by atoms with van der Waals surface area (Å²) >= 11 is 2.55. The quantitative estimate of drug-likeness (QED) is 0.468. The van der Waals surface area contributed by atoms with Crippen molar-refractivity contribution >= 4 is 41.3 Å². The number of thioether (sulfide) groups is 2. The highest BCUT2D eigenvalue weighted by molar-refractivity contribution is 8.00. The summed E-state index contributed by atoms with van der Waals surface area (Å²) in [4.78, 5) is 36.6. The molecule has 2 rings (SSSR count). The van der Waals surface area contributed by atoms with Gasteiger partial charge in [-0.25, -0.2) is 4.79 Å². The summed E-state index contributed by atoms with van der Waals surface area (Å²) in [5.74, 6) is -1.24. The minimum Gasteiger partial charge on any atom is -0.477 e. The number of nitrogens with zero attached hydrogens (tertiary/aromatic N) is 2. The van der Waals surface area contributed by atoms with Gasteiger partial charge in [0.2, 0.25) is 5.91 Å². The number of carbonyl (C=O) groups is 3. The molecular weight excluding hydrogens is 342 g/mol. The van der Waals surface area contributed by atoms with E-state index in [1.807, 2.05) is 6.07 Å². The number of fused-ring (bicyclic) bond motifs is 1. The Morgan fingerprint density at radius 3 is 2.96 bits per heavy atom. The maximum Gasteiger partial charge on any atom is 0.352 e. The third-order valence-corrected chi connectivity index (χ3v) is 5.42. The molecule has 2 aliphatic heterocycles. The zero-order valence-electron chi connectivity index (χ0n) is 12.3. The molecule has 124 valence electrons. The second-order valence-corrected chi connectivity index (χ2v) is 6.89. The minimum absolute atomic E-state index is 0.0510. The molecule has 10 heteroatoms. The second-order valence-electron chi connectivity index (χ2n) is 4.80. The van der Waals surface area contributed by atoms with E-state index in [-0.39, 0.29) is 29.7 Å². The van der Waals surface area contributed by atoms with Crippen molar-refractivity contribution in [2.24, 2.45) is 0 Å². The minimum atomic E-state index is -1.18. The molecule has 0 bridgehead atoms. The molecule has 1 fully saturated rings. The van der Waals surface area contributed by atoms with Crippen molar-refractivity contribution in [3.05, 3.63) is 11.3 Å². The Kier molecular flexibility index (Phi) is 5.92. The van der Waals surface area contributed by atoms with E-state index >= 15 is 0 Å². The highest BCUT2D eigenvalue weighted by atomic mass is 32.2. The molecule has 2 N–H and O–H groups in total. The average molecular weight is 357 g/mol. The van der Waals surface area contributed by atoms with Gasteiger partial charge in [-0.3, -0.25) is 14.5 Å². The number of β-lactam (4-membered cyclic amide) rings is 1. The lowest BCUT2D eigenvalue weighted by Gasteiger charge is -2.49. The molecular formula is C13H15N3O5S2. The smallest absolute Gasteiger partial charge is 0.352 e. The van der Waals surface area contributed by atoms with E-state index in [1.54, 1.807) is 0 Å². The molecule has 0 aromatic rings. The van der Waals surface area contributed by atoms with Gasteiger partial charge in [-0.05, 0) is 5.57 Å². The zero-order valence-corrected chi connectivity index (χ0v) is 13.9. The fourth-order valence-electron chi connectivity index (χ4n) is 2.37. The van der Waals surface area contributed by atoms with Crippen molar-refractivity contribution in [3.8, 4) is 6.07 Å². The molecule has 2 amide bonds. The summed E-state index contributed by atoms with van der Waals surface area (Å²) in [7, 11) is 1.46. The molecule has 2 heterocycles. The van der Waals surface area contributed by atoms with Crippen LogP contribution in [0.5, 0.6) is 0 Å². The van der Waals surface area contributed by atoms with Crippen LogP contribution in [0.1, 0.15) is 0 Å². The predicted molar refractivity (Wildman–Crippen MR) is 84.5 cm³/mol. The van der Waals surface area contributed by atoms with Crippen molar-refractivity contribution in [2.45, 2.75) is 11.4 Å². The number of amides is 2. The summed E-state index contributed by atoms with van der Waals surface area (Å²) < 4.78 is 4.98. The average Bonchev–Trinajstić information content (AvgIpc) is 2.52. The number of methoxy groups -OCH3 is 1. The van der Waals surface area contributed by atoms with Crippen LogP contribution in [0.25, 0.3) is 0 Å². The van der Waals surface area contributed by atoms with E-state index < -0.39 is 23.3 Å². The number of ether oxygens (including phenoxy) is 1.